The van der Waals surface area contributed by atoms with E-state index in [2.05, 4.69) is 6.92 Å². The van der Waals surface area contributed by atoms with Crippen molar-refractivity contribution >= 4 is 11.8 Å². The fraction of sp³-hybridized carbons (Fsp3) is 0.500. The summed E-state index contributed by atoms with van der Waals surface area (Å²) in [5.41, 5.74) is 0. The normalized spacial score (nSPS) is 10.7. The Bertz CT molecular complexity index is 318. The summed E-state index contributed by atoms with van der Waals surface area (Å²) in [6, 6.07) is 3.94. The molecule has 1 nitrogen and oxygen atoms in total. The predicted octanol–water partition coefficient (Wildman–Crippen LogP) is 3.87. The summed E-state index contributed by atoms with van der Waals surface area (Å²) in [5.74, 6) is -0.838. The quantitative estimate of drug-likeness (QED) is 0.533. The van der Waals surface area contributed by atoms with Crippen LogP contribution in [0.5, 0.6) is 0 Å². The third-order valence-corrected chi connectivity index (χ3v) is 2.99. The summed E-state index contributed by atoms with van der Waals surface area (Å²) in [5, 5.41) is 0. The van der Waals surface area contributed by atoms with Crippen LogP contribution in [0.4, 0.5) is 8.78 Å². The van der Waals surface area contributed by atoms with Crippen LogP contribution >= 0.6 is 11.8 Å². The highest BCUT2D eigenvalue weighted by Crippen LogP contribution is 2.19. The summed E-state index contributed by atoms with van der Waals surface area (Å²) < 4.78 is 30.8. The summed E-state index contributed by atoms with van der Waals surface area (Å²) in [4.78, 5) is 0.734. The van der Waals surface area contributed by atoms with Crippen molar-refractivity contribution in [3.05, 3.63) is 29.8 Å². The van der Waals surface area contributed by atoms with Crippen LogP contribution in [0.15, 0.2) is 23.1 Å². The third-order valence-electron chi connectivity index (χ3n) is 2.03. The van der Waals surface area contributed by atoms with Gasteiger partial charge in [-0.05, 0) is 24.6 Å². The Kier molecular flexibility index (Phi) is 6.42. The number of unbranched alkanes of at least 4 members (excludes halogenated alkanes) is 1. The van der Waals surface area contributed by atoms with Crippen LogP contribution in [0, 0.1) is 11.6 Å². The molecular formula is C12H16F2OS. The molecule has 0 saturated heterocycles. The molecule has 0 heterocycles. The van der Waals surface area contributed by atoms with Gasteiger partial charge < -0.3 is 4.74 Å². The second-order valence-corrected chi connectivity index (χ2v) is 4.56. The monoisotopic (exact) mass is 246 g/mol. The number of thioether (sulfide) groups is 1. The lowest BCUT2D eigenvalue weighted by Crippen LogP contribution is -1.98. The van der Waals surface area contributed by atoms with Crippen LogP contribution in [0.3, 0.4) is 0 Å². The van der Waals surface area contributed by atoms with Crippen molar-refractivity contribution < 1.29 is 13.5 Å². The van der Waals surface area contributed by atoms with Crippen molar-refractivity contribution in [2.24, 2.45) is 0 Å². The van der Waals surface area contributed by atoms with Crippen molar-refractivity contribution in [2.75, 3.05) is 19.0 Å². The fourth-order valence-corrected chi connectivity index (χ4v) is 1.92. The van der Waals surface area contributed by atoms with Gasteiger partial charge in [-0.3, -0.25) is 0 Å². The largest absolute Gasteiger partial charge is 0.381 e. The molecule has 0 amide bonds. The Morgan fingerprint density at radius 1 is 1.19 bits per heavy atom. The van der Waals surface area contributed by atoms with Crippen LogP contribution in [-0.2, 0) is 4.74 Å². The second-order valence-electron chi connectivity index (χ2n) is 3.39. The molecule has 0 aliphatic heterocycles. The van der Waals surface area contributed by atoms with Crippen molar-refractivity contribution in [1.29, 1.82) is 0 Å². The first-order valence-corrected chi connectivity index (χ1v) is 6.38. The molecule has 1 aromatic rings. The van der Waals surface area contributed by atoms with Crippen molar-refractivity contribution in [3.63, 3.8) is 0 Å². The Morgan fingerprint density at radius 3 is 2.69 bits per heavy atom. The Hall–Kier alpha value is -0.610. The maximum absolute atomic E-state index is 12.8. The van der Waals surface area contributed by atoms with Crippen LogP contribution in [-0.4, -0.2) is 19.0 Å². The molecule has 0 aliphatic rings. The maximum atomic E-state index is 12.8. The lowest BCUT2D eigenvalue weighted by atomic mass is 10.3. The Morgan fingerprint density at radius 2 is 2.00 bits per heavy atom. The van der Waals surface area contributed by atoms with Gasteiger partial charge in [-0.15, -0.1) is 11.8 Å². The van der Waals surface area contributed by atoms with E-state index >= 15 is 0 Å². The van der Waals surface area contributed by atoms with E-state index in [4.69, 9.17) is 4.74 Å². The number of ether oxygens (including phenoxy) is 1. The molecule has 1 aromatic carbocycles. The molecule has 16 heavy (non-hydrogen) atoms. The molecule has 0 saturated carbocycles. The number of hydrogen-bond acceptors (Lipinski definition) is 2. The highest BCUT2D eigenvalue weighted by molar-refractivity contribution is 7.99. The topological polar surface area (TPSA) is 9.23 Å². The van der Waals surface area contributed by atoms with Gasteiger partial charge in [0.2, 0.25) is 0 Å². The van der Waals surface area contributed by atoms with Gasteiger partial charge in [0.25, 0.3) is 0 Å². The van der Waals surface area contributed by atoms with Gasteiger partial charge in [-0.25, -0.2) is 8.78 Å². The third kappa shape index (κ3) is 4.94. The fourth-order valence-electron chi connectivity index (χ4n) is 1.13. The minimum Gasteiger partial charge on any atom is -0.381 e. The van der Waals surface area contributed by atoms with Crippen LogP contribution in [0.1, 0.15) is 19.8 Å². The molecule has 0 N–H and O–H groups in total. The first-order chi connectivity index (χ1) is 7.74. The Balaban J connectivity index is 2.19. The van der Waals surface area contributed by atoms with E-state index in [9.17, 15) is 8.78 Å². The molecule has 0 radical (unpaired) electrons. The van der Waals surface area contributed by atoms with E-state index in [0.29, 0.717) is 6.61 Å². The summed E-state index contributed by atoms with van der Waals surface area (Å²) in [6.45, 7) is 3.53. The predicted molar refractivity (Wildman–Crippen MR) is 62.8 cm³/mol. The van der Waals surface area contributed by atoms with E-state index in [1.807, 2.05) is 0 Å². The molecule has 0 atom stereocenters. The van der Waals surface area contributed by atoms with E-state index in [-0.39, 0.29) is 0 Å². The number of rotatable bonds is 7. The van der Waals surface area contributed by atoms with Gasteiger partial charge in [0.1, 0.15) is 0 Å². The van der Waals surface area contributed by atoms with E-state index < -0.39 is 11.6 Å². The number of halogens is 2. The molecule has 0 aliphatic carbocycles. The van der Waals surface area contributed by atoms with Gasteiger partial charge in [-0.1, -0.05) is 13.3 Å². The zero-order valence-electron chi connectivity index (χ0n) is 9.34. The smallest absolute Gasteiger partial charge is 0.159 e. The van der Waals surface area contributed by atoms with Crippen LogP contribution in [0.25, 0.3) is 0 Å². The first-order valence-electron chi connectivity index (χ1n) is 5.39. The zero-order valence-corrected chi connectivity index (χ0v) is 10.2. The minimum absolute atomic E-state index is 0.643. The summed E-state index contributed by atoms with van der Waals surface area (Å²) in [7, 11) is 0. The molecule has 0 unspecified atom stereocenters. The van der Waals surface area contributed by atoms with E-state index in [1.54, 1.807) is 6.07 Å². The number of benzene rings is 1. The summed E-state index contributed by atoms with van der Waals surface area (Å²) >= 11 is 1.47. The van der Waals surface area contributed by atoms with Gasteiger partial charge in [0.15, 0.2) is 11.6 Å². The second kappa shape index (κ2) is 7.63. The lowest BCUT2D eigenvalue weighted by Gasteiger charge is -2.03. The zero-order chi connectivity index (χ0) is 11.8. The van der Waals surface area contributed by atoms with Crippen molar-refractivity contribution in [1.82, 2.24) is 0 Å². The molecule has 0 aromatic heterocycles. The van der Waals surface area contributed by atoms with Crippen molar-refractivity contribution in [2.45, 2.75) is 24.7 Å². The first kappa shape index (κ1) is 13.5. The standard InChI is InChI=1S/C12H16F2OS/c1-2-3-6-15-7-8-16-10-4-5-11(13)12(14)9-10/h4-5,9H,2-3,6-8H2,1H3. The molecular weight excluding hydrogens is 230 g/mol. The minimum atomic E-state index is -0.802. The van der Waals surface area contributed by atoms with Gasteiger partial charge in [-0.2, -0.15) is 0 Å². The molecule has 90 valence electrons. The van der Waals surface area contributed by atoms with Gasteiger partial charge >= 0.3 is 0 Å². The maximum Gasteiger partial charge on any atom is 0.159 e. The van der Waals surface area contributed by atoms with Crippen molar-refractivity contribution in [3.8, 4) is 0 Å². The van der Waals surface area contributed by atoms with Crippen LogP contribution < -0.4 is 0 Å². The lowest BCUT2D eigenvalue weighted by molar-refractivity contribution is 0.147. The molecule has 4 heteroatoms. The van der Waals surface area contributed by atoms with Gasteiger partial charge in [0.05, 0.1) is 6.61 Å². The average Bonchev–Trinajstić information content (AvgIpc) is 2.28. The average molecular weight is 246 g/mol. The van der Waals surface area contributed by atoms with Gasteiger partial charge in [0, 0.05) is 17.3 Å². The summed E-state index contributed by atoms with van der Waals surface area (Å²) in [6.07, 6.45) is 2.19. The van der Waals surface area contributed by atoms with E-state index in [0.717, 1.165) is 36.2 Å². The molecule has 0 spiro atoms. The molecule has 0 fully saturated rings. The van der Waals surface area contributed by atoms with Crippen LogP contribution in [0.2, 0.25) is 0 Å². The number of hydrogen-bond donors (Lipinski definition) is 0. The highest BCUT2D eigenvalue weighted by Gasteiger charge is 2.02. The Labute approximate surface area is 99.2 Å². The highest BCUT2D eigenvalue weighted by atomic mass is 32.2. The molecule has 1 rings (SSSR count). The molecule has 0 bridgehead atoms. The SMILES string of the molecule is CCCCOCCSc1ccc(F)c(F)c1. The van der Waals surface area contributed by atoms with E-state index in [1.165, 1.54) is 17.8 Å².